The summed E-state index contributed by atoms with van der Waals surface area (Å²) in [5, 5.41) is 9.22. The van der Waals surface area contributed by atoms with Crippen molar-refractivity contribution in [3.05, 3.63) is 65.5 Å². The van der Waals surface area contributed by atoms with Crippen molar-refractivity contribution in [2.75, 3.05) is 13.1 Å². The summed E-state index contributed by atoms with van der Waals surface area (Å²) < 4.78 is 2.23. The number of piperidine rings is 1. The van der Waals surface area contributed by atoms with Crippen LogP contribution in [0.3, 0.4) is 0 Å². The first-order chi connectivity index (χ1) is 13.7. The average molecular weight is 373 g/mol. The van der Waals surface area contributed by atoms with E-state index in [0.717, 1.165) is 48.9 Å². The second-order valence-electron chi connectivity index (χ2n) is 7.96. The Morgan fingerprint density at radius 1 is 1.07 bits per heavy atom. The molecule has 4 heteroatoms. The van der Waals surface area contributed by atoms with Gasteiger partial charge in [-0.2, -0.15) is 5.26 Å². The van der Waals surface area contributed by atoms with E-state index in [2.05, 4.69) is 52.9 Å². The lowest BCUT2D eigenvalue weighted by Crippen LogP contribution is -2.34. The van der Waals surface area contributed by atoms with Crippen LogP contribution < -0.4 is 0 Å². The van der Waals surface area contributed by atoms with Crippen molar-refractivity contribution < 1.29 is 0 Å². The minimum absolute atomic E-state index is 0.811. The molecule has 28 heavy (non-hydrogen) atoms. The molecule has 1 aliphatic rings. The molecule has 4 rings (SSSR count). The molecule has 3 aromatic rings. The highest BCUT2D eigenvalue weighted by Crippen LogP contribution is 2.25. The van der Waals surface area contributed by atoms with Crippen LogP contribution in [0.25, 0.3) is 11.0 Å². The SMILES string of the molecule is Cn1c(CN2CCC(CCCc3ccccc3C#N)CC2)nc2ccccc21. The maximum atomic E-state index is 9.22. The number of fused-ring (bicyclic) bond motifs is 1. The number of aromatic nitrogens is 2. The minimum Gasteiger partial charge on any atom is -0.330 e. The maximum absolute atomic E-state index is 9.22. The van der Waals surface area contributed by atoms with Gasteiger partial charge in [-0.1, -0.05) is 36.8 Å². The number of nitrogens with zero attached hydrogens (tertiary/aromatic N) is 4. The van der Waals surface area contributed by atoms with E-state index in [4.69, 9.17) is 4.98 Å². The largest absolute Gasteiger partial charge is 0.330 e. The first kappa shape index (κ1) is 18.7. The smallest absolute Gasteiger partial charge is 0.123 e. The summed E-state index contributed by atoms with van der Waals surface area (Å²) in [7, 11) is 2.12. The molecule has 0 atom stereocenters. The van der Waals surface area contributed by atoms with Crippen molar-refractivity contribution in [2.45, 2.75) is 38.6 Å². The number of para-hydroxylation sites is 2. The fourth-order valence-corrected chi connectivity index (χ4v) is 4.40. The zero-order valence-electron chi connectivity index (χ0n) is 16.6. The molecule has 1 saturated heterocycles. The van der Waals surface area contributed by atoms with Gasteiger partial charge in [-0.25, -0.2) is 4.98 Å². The Morgan fingerprint density at radius 3 is 2.61 bits per heavy atom. The van der Waals surface area contributed by atoms with Crippen LogP contribution >= 0.6 is 0 Å². The molecule has 2 aromatic carbocycles. The summed E-state index contributed by atoms with van der Waals surface area (Å²) in [6.45, 7) is 3.25. The Balaban J connectivity index is 1.25. The van der Waals surface area contributed by atoms with E-state index in [9.17, 15) is 5.26 Å². The molecule has 4 nitrogen and oxygen atoms in total. The number of nitriles is 1. The van der Waals surface area contributed by atoms with E-state index in [1.165, 1.54) is 36.8 Å². The van der Waals surface area contributed by atoms with Crippen LogP contribution in [0.2, 0.25) is 0 Å². The Bertz CT molecular complexity index is 974. The number of hydrogen-bond donors (Lipinski definition) is 0. The van der Waals surface area contributed by atoms with E-state index in [0.29, 0.717) is 0 Å². The van der Waals surface area contributed by atoms with E-state index in [1.807, 2.05) is 18.2 Å². The van der Waals surface area contributed by atoms with Crippen molar-refractivity contribution in [2.24, 2.45) is 13.0 Å². The van der Waals surface area contributed by atoms with Gasteiger partial charge in [0.2, 0.25) is 0 Å². The van der Waals surface area contributed by atoms with Crippen LogP contribution in [0, 0.1) is 17.2 Å². The third kappa shape index (κ3) is 4.10. The molecule has 1 aliphatic heterocycles. The van der Waals surface area contributed by atoms with Crippen LogP contribution in [-0.4, -0.2) is 27.5 Å². The minimum atomic E-state index is 0.811. The third-order valence-electron chi connectivity index (χ3n) is 6.15. The summed E-state index contributed by atoms with van der Waals surface area (Å²) in [5.41, 5.74) is 4.33. The predicted octanol–water partition coefficient (Wildman–Crippen LogP) is 4.68. The zero-order valence-corrected chi connectivity index (χ0v) is 16.6. The molecule has 0 radical (unpaired) electrons. The summed E-state index contributed by atoms with van der Waals surface area (Å²) in [5.74, 6) is 1.97. The fraction of sp³-hybridized carbons (Fsp3) is 0.417. The summed E-state index contributed by atoms with van der Waals surface area (Å²) in [6.07, 6.45) is 5.99. The highest BCUT2D eigenvalue weighted by Gasteiger charge is 2.20. The number of rotatable bonds is 6. The average Bonchev–Trinajstić information content (AvgIpc) is 3.05. The van der Waals surface area contributed by atoms with Gasteiger partial charge in [-0.3, -0.25) is 4.90 Å². The van der Waals surface area contributed by atoms with E-state index < -0.39 is 0 Å². The Kier molecular flexibility index (Phi) is 5.73. The second-order valence-corrected chi connectivity index (χ2v) is 7.96. The van der Waals surface area contributed by atoms with Gasteiger partial charge in [-0.15, -0.1) is 0 Å². The van der Waals surface area contributed by atoms with E-state index in [1.54, 1.807) is 0 Å². The van der Waals surface area contributed by atoms with Gasteiger partial charge in [0.1, 0.15) is 5.82 Å². The van der Waals surface area contributed by atoms with Crippen molar-refractivity contribution >= 4 is 11.0 Å². The highest BCUT2D eigenvalue weighted by atomic mass is 15.2. The van der Waals surface area contributed by atoms with Crippen molar-refractivity contribution in [1.82, 2.24) is 14.5 Å². The number of likely N-dealkylation sites (tertiary alicyclic amines) is 1. The van der Waals surface area contributed by atoms with Crippen LogP contribution in [0.5, 0.6) is 0 Å². The second kappa shape index (κ2) is 8.58. The molecule has 0 bridgehead atoms. The first-order valence-corrected chi connectivity index (χ1v) is 10.4. The molecule has 0 unspecified atom stereocenters. The lowest BCUT2D eigenvalue weighted by atomic mass is 9.90. The van der Waals surface area contributed by atoms with Gasteiger partial charge in [0.25, 0.3) is 0 Å². The predicted molar refractivity (Wildman–Crippen MR) is 113 cm³/mol. The van der Waals surface area contributed by atoms with Gasteiger partial charge in [0, 0.05) is 7.05 Å². The van der Waals surface area contributed by atoms with Crippen LogP contribution in [0.4, 0.5) is 0 Å². The topological polar surface area (TPSA) is 44.9 Å². The third-order valence-corrected chi connectivity index (χ3v) is 6.15. The van der Waals surface area contributed by atoms with Gasteiger partial charge in [-0.05, 0) is 68.5 Å². The van der Waals surface area contributed by atoms with Gasteiger partial charge in [0.15, 0.2) is 0 Å². The summed E-state index contributed by atoms with van der Waals surface area (Å²) in [4.78, 5) is 7.36. The molecule has 0 spiro atoms. The van der Waals surface area contributed by atoms with Crippen LogP contribution in [0.1, 0.15) is 42.6 Å². The van der Waals surface area contributed by atoms with Crippen molar-refractivity contribution in [1.29, 1.82) is 5.26 Å². The van der Waals surface area contributed by atoms with Crippen LogP contribution in [0.15, 0.2) is 48.5 Å². The zero-order chi connectivity index (χ0) is 19.3. The molecular weight excluding hydrogens is 344 g/mol. The molecule has 0 saturated carbocycles. The normalized spacial score (nSPS) is 15.7. The van der Waals surface area contributed by atoms with E-state index in [-0.39, 0.29) is 0 Å². The van der Waals surface area contributed by atoms with Crippen molar-refractivity contribution in [3.63, 3.8) is 0 Å². The monoisotopic (exact) mass is 372 g/mol. The highest BCUT2D eigenvalue weighted by molar-refractivity contribution is 5.75. The lowest BCUT2D eigenvalue weighted by molar-refractivity contribution is 0.166. The number of hydrogen-bond acceptors (Lipinski definition) is 3. The maximum Gasteiger partial charge on any atom is 0.123 e. The Morgan fingerprint density at radius 2 is 1.82 bits per heavy atom. The Labute approximate surface area is 167 Å². The molecule has 144 valence electrons. The molecule has 2 heterocycles. The Hall–Kier alpha value is -2.64. The molecule has 0 N–H and O–H groups in total. The lowest BCUT2D eigenvalue weighted by Gasteiger charge is -2.31. The van der Waals surface area contributed by atoms with Gasteiger partial charge in [0.05, 0.1) is 29.2 Å². The molecule has 1 aromatic heterocycles. The summed E-state index contributed by atoms with van der Waals surface area (Å²) in [6, 6.07) is 18.7. The number of benzene rings is 2. The van der Waals surface area contributed by atoms with E-state index >= 15 is 0 Å². The molecule has 0 aliphatic carbocycles. The molecule has 0 amide bonds. The molecular formula is C24H28N4. The first-order valence-electron chi connectivity index (χ1n) is 10.4. The van der Waals surface area contributed by atoms with Gasteiger partial charge >= 0.3 is 0 Å². The quantitative estimate of drug-likeness (QED) is 0.631. The summed E-state index contributed by atoms with van der Waals surface area (Å²) >= 11 is 0. The molecule has 1 fully saturated rings. The standard InChI is InChI=1S/C24H28N4/c1-27-23-12-5-4-11-22(23)26-24(27)18-28-15-13-19(14-16-28)7-6-10-20-8-2-3-9-21(20)17-25/h2-5,8-9,11-12,19H,6-7,10,13-16,18H2,1H3. The number of imidazole rings is 1. The van der Waals surface area contributed by atoms with Crippen molar-refractivity contribution in [3.8, 4) is 6.07 Å². The fourth-order valence-electron chi connectivity index (χ4n) is 4.40. The van der Waals surface area contributed by atoms with Gasteiger partial charge < -0.3 is 4.57 Å². The number of aryl methyl sites for hydroxylation is 2. The van der Waals surface area contributed by atoms with Crippen LogP contribution in [-0.2, 0) is 20.0 Å².